The largest absolute Gasteiger partial charge is 0.381 e. The van der Waals surface area contributed by atoms with Gasteiger partial charge in [0.2, 0.25) is 5.91 Å². The molecule has 2 heterocycles. The van der Waals surface area contributed by atoms with E-state index >= 15 is 0 Å². The van der Waals surface area contributed by atoms with Crippen LogP contribution in [-0.2, 0) is 9.53 Å². The van der Waals surface area contributed by atoms with Crippen LogP contribution in [0.5, 0.6) is 0 Å². The fourth-order valence-electron chi connectivity index (χ4n) is 5.15. The summed E-state index contributed by atoms with van der Waals surface area (Å²) in [6.07, 6.45) is 8.81. The first-order valence-electron chi connectivity index (χ1n) is 11.6. The molecule has 29 heavy (non-hydrogen) atoms. The minimum absolute atomic E-state index is 0.105. The maximum absolute atomic E-state index is 12.4. The molecular weight excluding hydrogens is 366 g/mol. The minimum Gasteiger partial charge on any atom is -0.381 e. The van der Waals surface area contributed by atoms with Gasteiger partial charge in [0.1, 0.15) is 0 Å². The first kappa shape index (κ1) is 22.3. The van der Waals surface area contributed by atoms with Crippen LogP contribution in [0.4, 0.5) is 0 Å². The molecule has 0 aromatic carbocycles. The Hall–Kier alpha value is -1.34. The van der Waals surface area contributed by atoms with Gasteiger partial charge in [-0.1, -0.05) is 6.42 Å². The Morgan fingerprint density at radius 2 is 1.90 bits per heavy atom. The van der Waals surface area contributed by atoms with Gasteiger partial charge in [-0.2, -0.15) is 0 Å². The van der Waals surface area contributed by atoms with E-state index in [9.17, 15) is 4.79 Å². The summed E-state index contributed by atoms with van der Waals surface area (Å²) in [5.74, 6) is 1.17. The summed E-state index contributed by atoms with van der Waals surface area (Å²) in [5.41, 5.74) is 0.179. The van der Waals surface area contributed by atoms with Crippen LogP contribution in [-0.4, -0.2) is 74.3 Å². The van der Waals surface area contributed by atoms with Gasteiger partial charge in [0.25, 0.3) is 0 Å². The zero-order valence-corrected chi connectivity index (χ0v) is 18.6. The first-order chi connectivity index (χ1) is 14.0. The molecule has 0 aromatic rings. The summed E-state index contributed by atoms with van der Waals surface area (Å²) >= 11 is 0. The van der Waals surface area contributed by atoms with E-state index in [0.29, 0.717) is 6.04 Å². The van der Waals surface area contributed by atoms with Gasteiger partial charge in [-0.25, -0.2) is 0 Å². The lowest BCUT2D eigenvalue weighted by atomic mass is 9.85. The lowest BCUT2D eigenvalue weighted by Crippen LogP contribution is -2.59. The van der Waals surface area contributed by atoms with Gasteiger partial charge >= 0.3 is 0 Å². The number of ether oxygens (including phenoxy) is 1. The molecular formula is C22H41N5O2. The molecule has 0 aromatic heterocycles. The van der Waals surface area contributed by atoms with E-state index in [1.54, 1.807) is 0 Å². The molecule has 2 aliphatic heterocycles. The fraction of sp³-hybridized carbons (Fsp3) is 0.909. The van der Waals surface area contributed by atoms with Crippen LogP contribution >= 0.6 is 0 Å². The predicted octanol–water partition coefficient (Wildman–Crippen LogP) is 1.88. The number of nitrogens with zero attached hydrogens (tertiary/aromatic N) is 2. The molecule has 1 aliphatic carbocycles. The number of carbonyl (C=O) groups is 1. The Kier molecular flexibility index (Phi) is 8.18. The number of hydrogen-bond acceptors (Lipinski definition) is 4. The molecule has 1 saturated carbocycles. The van der Waals surface area contributed by atoms with E-state index < -0.39 is 0 Å². The SMILES string of the molecule is CN=C(NCC1(N2CCCC2)CCOCC1)NC1CCCC(C(=O)NC(C)C)C1. The molecule has 0 bridgehead atoms. The highest BCUT2D eigenvalue weighted by Crippen LogP contribution is 2.31. The maximum atomic E-state index is 12.4. The lowest BCUT2D eigenvalue weighted by molar-refractivity contribution is -0.126. The Balaban J connectivity index is 1.53. The van der Waals surface area contributed by atoms with E-state index in [1.165, 1.54) is 25.9 Å². The van der Waals surface area contributed by atoms with Crippen LogP contribution in [0, 0.1) is 5.92 Å². The highest BCUT2D eigenvalue weighted by Gasteiger charge is 2.39. The number of nitrogens with one attached hydrogen (secondary N) is 3. The van der Waals surface area contributed by atoms with Gasteiger partial charge in [-0.15, -0.1) is 0 Å². The molecule has 2 saturated heterocycles. The number of likely N-dealkylation sites (tertiary alicyclic amines) is 1. The van der Waals surface area contributed by atoms with Crippen LogP contribution < -0.4 is 16.0 Å². The highest BCUT2D eigenvalue weighted by molar-refractivity contribution is 5.81. The van der Waals surface area contributed by atoms with Crippen molar-refractivity contribution >= 4 is 11.9 Å². The number of aliphatic imine (C=N–C) groups is 1. The van der Waals surface area contributed by atoms with Gasteiger partial charge in [-0.3, -0.25) is 14.7 Å². The van der Waals surface area contributed by atoms with Crippen molar-refractivity contribution in [3.63, 3.8) is 0 Å². The smallest absolute Gasteiger partial charge is 0.223 e. The summed E-state index contributed by atoms with van der Waals surface area (Å²) in [4.78, 5) is 19.6. The number of guanidine groups is 1. The zero-order chi connectivity index (χ0) is 20.7. The van der Waals surface area contributed by atoms with Gasteiger partial charge in [0.05, 0.1) is 0 Å². The molecule has 3 N–H and O–H groups in total. The average Bonchev–Trinajstić information content (AvgIpc) is 3.27. The number of amides is 1. The van der Waals surface area contributed by atoms with Crippen molar-refractivity contribution in [2.75, 3.05) is 39.9 Å². The van der Waals surface area contributed by atoms with Gasteiger partial charge < -0.3 is 20.7 Å². The second-order valence-electron chi connectivity index (χ2n) is 9.32. The van der Waals surface area contributed by atoms with Crippen LogP contribution in [0.3, 0.4) is 0 Å². The van der Waals surface area contributed by atoms with E-state index in [4.69, 9.17) is 4.74 Å². The minimum atomic E-state index is 0.105. The molecule has 166 valence electrons. The third kappa shape index (κ3) is 6.07. The molecule has 3 rings (SSSR count). The fourth-order valence-corrected chi connectivity index (χ4v) is 5.15. The van der Waals surface area contributed by atoms with Crippen molar-refractivity contribution in [3.8, 4) is 0 Å². The second kappa shape index (κ2) is 10.6. The summed E-state index contributed by atoms with van der Waals surface area (Å²) in [7, 11) is 1.84. The molecule has 7 nitrogen and oxygen atoms in total. The van der Waals surface area contributed by atoms with E-state index in [1.807, 2.05) is 20.9 Å². The third-order valence-electron chi connectivity index (χ3n) is 6.83. The zero-order valence-electron chi connectivity index (χ0n) is 18.6. The van der Waals surface area contributed by atoms with Crippen molar-refractivity contribution in [1.82, 2.24) is 20.9 Å². The Labute approximate surface area is 176 Å². The van der Waals surface area contributed by atoms with E-state index in [0.717, 1.165) is 64.2 Å². The quantitative estimate of drug-likeness (QED) is 0.463. The Morgan fingerprint density at radius 3 is 2.55 bits per heavy atom. The standard InChI is InChI=1S/C22H41N5O2/c1-17(2)25-20(28)18-7-6-8-19(15-18)26-21(23-3)24-16-22(9-13-29-14-10-22)27-11-4-5-12-27/h17-19H,4-16H2,1-3H3,(H,25,28)(H2,23,24,26). The maximum Gasteiger partial charge on any atom is 0.223 e. The topological polar surface area (TPSA) is 78.0 Å². The summed E-state index contributed by atoms with van der Waals surface area (Å²) < 4.78 is 5.66. The summed E-state index contributed by atoms with van der Waals surface area (Å²) in [5, 5.41) is 10.3. The predicted molar refractivity (Wildman–Crippen MR) is 117 cm³/mol. The lowest BCUT2D eigenvalue weighted by Gasteiger charge is -2.45. The molecule has 7 heteroatoms. The average molecular weight is 408 g/mol. The van der Waals surface area contributed by atoms with Crippen molar-refractivity contribution in [2.45, 2.75) is 82.8 Å². The summed E-state index contributed by atoms with van der Waals surface area (Å²) in [6, 6.07) is 0.502. The molecule has 2 atom stereocenters. The second-order valence-corrected chi connectivity index (χ2v) is 9.32. The molecule has 0 spiro atoms. The first-order valence-corrected chi connectivity index (χ1v) is 11.6. The van der Waals surface area contributed by atoms with Crippen LogP contribution in [0.2, 0.25) is 0 Å². The van der Waals surface area contributed by atoms with Crippen LogP contribution in [0.15, 0.2) is 4.99 Å². The van der Waals surface area contributed by atoms with Crippen LogP contribution in [0.25, 0.3) is 0 Å². The number of hydrogen-bond donors (Lipinski definition) is 3. The third-order valence-corrected chi connectivity index (χ3v) is 6.83. The molecule has 2 unspecified atom stereocenters. The monoisotopic (exact) mass is 407 g/mol. The van der Waals surface area contributed by atoms with Gasteiger partial charge in [0.15, 0.2) is 5.96 Å². The van der Waals surface area contributed by atoms with E-state index in [2.05, 4.69) is 25.8 Å². The summed E-state index contributed by atoms with van der Waals surface area (Å²) in [6.45, 7) is 9.04. The van der Waals surface area contributed by atoms with Crippen molar-refractivity contribution in [2.24, 2.45) is 10.9 Å². The van der Waals surface area contributed by atoms with Gasteiger partial charge in [-0.05, 0) is 71.9 Å². The Bertz CT molecular complexity index is 553. The van der Waals surface area contributed by atoms with Gasteiger partial charge in [0, 0.05) is 50.3 Å². The van der Waals surface area contributed by atoms with Crippen molar-refractivity contribution in [3.05, 3.63) is 0 Å². The van der Waals surface area contributed by atoms with Crippen molar-refractivity contribution < 1.29 is 9.53 Å². The highest BCUT2D eigenvalue weighted by atomic mass is 16.5. The number of carbonyl (C=O) groups excluding carboxylic acids is 1. The Morgan fingerprint density at radius 1 is 1.17 bits per heavy atom. The van der Waals surface area contributed by atoms with E-state index in [-0.39, 0.29) is 23.4 Å². The van der Waals surface area contributed by atoms with Crippen LogP contribution in [0.1, 0.15) is 65.2 Å². The molecule has 0 radical (unpaired) electrons. The molecule has 3 fully saturated rings. The number of rotatable bonds is 6. The van der Waals surface area contributed by atoms with Crippen molar-refractivity contribution in [1.29, 1.82) is 0 Å². The molecule has 1 amide bonds. The molecule has 3 aliphatic rings. The normalized spacial score (nSPS) is 28.3.